The Morgan fingerprint density at radius 1 is 1.10 bits per heavy atom. The van der Waals surface area contributed by atoms with Crippen LogP contribution >= 0.6 is 15.9 Å². The number of sulfonamides is 1. The second-order valence-electron chi connectivity index (χ2n) is 6.88. The van der Waals surface area contributed by atoms with Gasteiger partial charge in [0, 0.05) is 35.6 Å². The van der Waals surface area contributed by atoms with Gasteiger partial charge in [0.25, 0.3) is 0 Å². The second kappa shape index (κ2) is 11.2. The minimum Gasteiger partial charge on any atom is -0.352 e. The van der Waals surface area contributed by atoms with Crippen LogP contribution in [0.3, 0.4) is 0 Å². The van der Waals surface area contributed by atoms with Crippen molar-refractivity contribution in [2.24, 2.45) is 5.92 Å². The van der Waals surface area contributed by atoms with Crippen LogP contribution in [0.1, 0.15) is 32.3 Å². The fourth-order valence-electron chi connectivity index (χ4n) is 2.49. The van der Waals surface area contributed by atoms with Gasteiger partial charge in [-0.15, -0.1) is 0 Å². The molecule has 3 N–H and O–H groups in total. The Labute approximate surface area is 185 Å². The van der Waals surface area contributed by atoms with Crippen molar-refractivity contribution in [1.82, 2.24) is 10.0 Å². The predicted molar refractivity (Wildman–Crippen MR) is 120 cm³/mol. The lowest BCUT2D eigenvalue weighted by Gasteiger charge is -2.12. The SMILES string of the molecule is CCC(C)C(=O)Nc1cccc(CNC(=O)CCNS(=O)(=O)c2ccc(Br)cc2)c1. The molecular weight excluding hydrogens is 470 g/mol. The second-order valence-corrected chi connectivity index (χ2v) is 9.56. The van der Waals surface area contributed by atoms with Crippen LogP contribution in [0, 0.1) is 5.92 Å². The van der Waals surface area contributed by atoms with E-state index in [0.29, 0.717) is 5.69 Å². The summed E-state index contributed by atoms with van der Waals surface area (Å²) in [6.07, 6.45) is 0.771. The first-order chi connectivity index (χ1) is 14.2. The zero-order valence-corrected chi connectivity index (χ0v) is 19.3. The minimum absolute atomic E-state index is 0.00473. The summed E-state index contributed by atoms with van der Waals surface area (Å²) in [5, 5.41) is 5.61. The van der Waals surface area contributed by atoms with E-state index >= 15 is 0 Å². The van der Waals surface area contributed by atoms with Crippen LogP contribution in [-0.4, -0.2) is 26.8 Å². The van der Waals surface area contributed by atoms with E-state index in [9.17, 15) is 18.0 Å². The Bertz CT molecular complexity index is 978. The summed E-state index contributed by atoms with van der Waals surface area (Å²) in [4.78, 5) is 24.2. The van der Waals surface area contributed by atoms with Crippen LogP contribution in [0.25, 0.3) is 0 Å². The highest BCUT2D eigenvalue weighted by Crippen LogP contribution is 2.15. The molecule has 2 amide bonds. The molecule has 0 saturated carbocycles. The normalized spacial score (nSPS) is 12.2. The number of hydrogen-bond acceptors (Lipinski definition) is 4. The van der Waals surface area contributed by atoms with Crippen LogP contribution in [-0.2, 0) is 26.2 Å². The summed E-state index contributed by atoms with van der Waals surface area (Å²) >= 11 is 3.26. The van der Waals surface area contributed by atoms with Gasteiger partial charge in [0.05, 0.1) is 4.90 Å². The van der Waals surface area contributed by atoms with Crippen molar-refractivity contribution in [1.29, 1.82) is 0 Å². The van der Waals surface area contributed by atoms with Crippen molar-refractivity contribution in [3.63, 3.8) is 0 Å². The smallest absolute Gasteiger partial charge is 0.240 e. The highest BCUT2D eigenvalue weighted by atomic mass is 79.9. The summed E-state index contributed by atoms with van der Waals surface area (Å²) in [7, 11) is -3.66. The van der Waals surface area contributed by atoms with Gasteiger partial charge in [0.2, 0.25) is 21.8 Å². The fourth-order valence-corrected chi connectivity index (χ4v) is 3.79. The number of amides is 2. The summed E-state index contributed by atoms with van der Waals surface area (Å²) in [5.41, 5.74) is 1.51. The van der Waals surface area contributed by atoms with E-state index in [1.807, 2.05) is 19.9 Å². The quantitative estimate of drug-likeness (QED) is 0.469. The molecule has 2 aromatic rings. The molecule has 2 rings (SSSR count). The van der Waals surface area contributed by atoms with E-state index in [0.717, 1.165) is 16.5 Å². The van der Waals surface area contributed by atoms with Crippen molar-refractivity contribution < 1.29 is 18.0 Å². The molecule has 162 valence electrons. The molecule has 0 aliphatic carbocycles. The van der Waals surface area contributed by atoms with Gasteiger partial charge in [-0.3, -0.25) is 9.59 Å². The van der Waals surface area contributed by atoms with Gasteiger partial charge >= 0.3 is 0 Å². The maximum Gasteiger partial charge on any atom is 0.240 e. The monoisotopic (exact) mass is 495 g/mol. The zero-order chi connectivity index (χ0) is 22.1. The Morgan fingerprint density at radius 2 is 1.80 bits per heavy atom. The first-order valence-electron chi connectivity index (χ1n) is 9.63. The largest absolute Gasteiger partial charge is 0.352 e. The first kappa shape index (κ1) is 24.0. The maximum absolute atomic E-state index is 12.2. The van der Waals surface area contributed by atoms with Crippen molar-refractivity contribution in [3.05, 3.63) is 58.6 Å². The van der Waals surface area contributed by atoms with E-state index in [1.165, 1.54) is 12.1 Å². The lowest BCUT2D eigenvalue weighted by molar-refractivity contribution is -0.121. The molecule has 9 heteroatoms. The topological polar surface area (TPSA) is 104 Å². The van der Waals surface area contributed by atoms with Gasteiger partial charge in [0.1, 0.15) is 0 Å². The molecule has 1 atom stereocenters. The minimum atomic E-state index is -3.66. The van der Waals surface area contributed by atoms with E-state index < -0.39 is 10.0 Å². The van der Waals surface area contributed by atoms with E-state index in [4.69, 9.17) is 0 Å². The van der Waals surface area contributed by atoms with Crippen LogP contribution in [0.15, 0.2) is 57.9 Å². The predicted octanol–water partition coefficient (Wildman–Crippen LogP) is 3.42. The van der Waals surface area contributed by atoms with E-state index in [-0.39, 0.29) is 42.1 Å². The van der Waals surface area contributed by atoms with Gasteiger partial charge in [-0.25, -0.2) is 13.1 Å². The van der Waals surface area contributed by atoms with E-state index in [1.54, 1.807) is 30.3 Å². The lowest BCUT2D eigenvalue weighted by Crippen LogP contribution is -2.30. The summed E-state index contributed by atoms with van der Waals surface area (Å²) in [6.45, 7) is 4.10. The third-order valence-electron chi connectivity index (χ3n) is 4.51. The van der Waals surface area contributed by atoms with Crippen molar-refractivity contribution in [3.8, 4) is 0 Å². The number of halogens is 1. The number of rotatable bonds is 10. The van der Waals surface area contributed by atoms with Crippen molar-refractivity contribution in [2.75, 3.05) is 11.9 Å². The number of nitrogens with one attached hydrogen (secondary N) is 3. The molecule has 0 aliphatic rings. The molecule has 0 aromatic heterocycles. The number of benzene rings is 2. The molecule has 0 bridgehead atoms. The maximum atomic E-state index is 12.2. The number of anilines is 1. The van der Waals surface area contributed by atoms with Gasteiger partial charge in [-0.2, -0.15) is 0 Å². The lowest BCUT2D eigenvalue weighted by atomic mass is 10.1. The molecule has 30 heavy (non-hydrogen) atoms. The highest BCUT2D eigenvalue weighted by molar-refractivity contribution is 9.10. The van der Waals surface area contributed by atoms with Crippen molar-refractivity contribution in [2.45, 2.75) is 38.1 Å². The molecule has 0 aliphatic heterocycles. The summed E-state index contributed by atoms with van der Waals surface area (Å²) < 4.78 is 27.6. The summed E-state index contributed by atoms with van der Waals surface area (Å²) in [6, 6.07) is 13.5. The Morgan fingerprint density at radius 3 is 2.47 bits per heavy atom. The van der Waals surface area contributed by atoms with Gasteiger partial charge in [0.15, 0.2) is 0 Å². The molecule has 1 unspecified atom stereocenters. The third-order valence-corrected chi connectivity index (χ3v) is 6.52. The van der Waals surface area contributed by atoms with Crippen LogP contribution in [0.5, 0.6) is 0 Å². The molecule has 0 fully saturated rings. The Kier molecular flexibility index (Phi) is 9.01. The first-order valence-corrected chi connectivity index (χ1v) is 11.9. The Hall–Kier alpha value is -2.23. The van der Waals surface area contributed by atoms with Crippen LogP contribution in [0.4, 0.5) is 5.69 Å². The van der Waals surface area contributed by atoms with Gasteiger partial charge in [-0.05, 0) is 48.4 Å². The number of carbonyl (C=O) groups is 2. The van der Waals surface area contributed by atoms with Gasteiger partial charge < -0.3 is 10.6 Å². The summed E-state index contributed by atoms with van der Waals surface area (Å²) in [5.74, 6) is -0.395. The van der Waals surface area contributed by atoms with Gasteiger partial charge in [-0.1, -0.05) is 41.9 Å². The Balaban J connectivity index is 1.80. The standard InChI is InChI=1S/C21H26BrN3O4S/c1-3-15(2)21(27)25-18-6-4-5-16(13-18)14-23-20(26)11-12-24-30(28,29)19-9-7-17(22)8-10-19/h4-10,13,15,24H,3,11-12,14H2,1-2H3,(H,23,26)(H,25,27). The molecule has 0 radical (unpaired) electrons. The molecule has 7 nitrogen and oxygen atoms in total. The molecule has 2 aromatic carbocycles. The number of carbonyl (C=O) groups excluding carboxylic acids is 2. The average Bonchev–Trinajstić information content (AvgIpc) is 2.72. The number of hydrogen-bond donors (Lipinski definition) is 3. The molecule has 0 heterocycles. The molecule has 0 spiro atoms. The van der Waals surface area contributed by atoms with Crippen LogP contribution in [0.2, 0.25) is 0 Å². The van der Waals surface area contributed by atoms with E-state index in [2.05, 4.69) is 31.3 Å². The fraction of sp³-hybridized carbons (Fsp3) is 0.333. The molecule has 0 saturated heterocycles. The van der Waals surface area contributed by atoms with Crippen molar-refractivity contribution >= 4 is 43.5 Å². The molecular formula is C21H26BrN3O4S. The third kappa shape index (κ3) is 7.55. The van der Waals surface area contributed by atoms with Crippen LogP contribution < -0.4 is 15.4 Å². The zero-order valence-electron chi connectivity index (χ0n) is 16.9. The average molecular weight is 496 g/mol. The highest BCUT2D eigenvalue weighted by Gasteiger charge is 2.14.